The van der Waals surface area contributed by atoms with Gasteiger partial charge in [0.25, 0.3) is 5.91 Å². The summed E-state index contributed by atoms with van der Waals surface area (Å²) >= 11 is 3.25. The van der Waals surface area contributed by atoms with Gasteiger partial charge in [-0.1, -0.05) is 5.16 Å². The molecular formula is C21H17BrN2O7. The van der Waals surface area contributed by atoms with Crippen molar-refractivity contribution in [3.05, 3.63) is 69.0 Å². The number of aliphatic hydroxyl groups is 1. The van der Waals surface area contributed by atoms with Crippen LogP contribution in [0.1, 0.15) is 33.7 Å². The SMILES string of the molecule is COc1cc([C@H]2C(C(=O)c3ccc(C)o3)=C(O)C(=O)N2c2cc(C)on2)cc(Br)c1O. The maximum absolute atomic E-state index is 13.3. The molecule has 160 valence electrons. The highest BCUT2D eigenvalue weighted by molar-refractivity contribution is 9.10. The second-order valence-corrected chi connectivity index (χ2v) is 7.78. The number of nitrogens with zero attached hydrogens (tertiary/aromatic N) is 2. The van der Waals surface area contributed by atoms with E-state index in [-0.39, 0.29) is 33.1 Å². The van der Waals surface area contributed by atoms with Crippen LogP contribution in [-0.4, -0.2) is 34.2 Å². The number of hydrogen-bond donors (Lipinski definition) is 2. The molecule has 1 atom stereocenters. The largest absolute Gasteiger partial charge is 0.503 e. The van der Waals surface area contributed by atoms with E-state index in [1.807, 2.05) is 0 Å². The highest BCUT2D eigenvalue weighted by Crippen LogP contribution is 2.45. The third kappa shape index (κ3) is 3.38. The van der Waals surface area contributed by atoms with Gasteiger partial charge in [0.15, 0.2) is 28.8 Å². The summed E-state index contributed by atoms with van der Waals surface area (Å²) in [5.74, 6) is -1.23. The molecule has 1 aliphatic heterocycles. The molecule has 31 heavy (non-hydrogen) atoms. The van der Waals surface area contributed by atoms with Gasteiger partial charge in [-0.25, -0.2) is 0 Å². The van der Waals surface area contributed by atoms with Crippen LogP contribution in [0.3, 0.4) is 0 Å². The molecule has 3 heterocycles. The molecule has 0 saturated carbocycles. The van der Waals surface area contributed by atoms with Crippen LogP contribution in [0.4, 0.5) is 5.82 Å². The van der Waals surface area contributed by atoms with E-state index in [1.54, 1.807) is 19.9 Å². The first-order chi connectivity index (χ1) is 14.7. The minimum Gasteiger partial charge on any atom is -0.503 e. The number of phenols is 1. The Morgan fingerprint density at radius 2 is 1.94 bits per heavy atom. The lowest BCUT2D eigenvalue weighted by molar-refractivity contribution is -0.117. The molecular weight excluding hydrogens is 472 g/mol. The summed E-state index contributed by atoms with van der Waals surface area (Å²) in [4.78, 5) is 27.4. The fraction of sp³-hybridized carbons (Fsp3) is 0.190. The first-order valence-electron chi connectivity index (χ1n) is 9.10. The number of carbonyl (C=O) groups is 2. The molecule has 4 rings (SSSR count). The minimum absolute atomic E-state index is 0.0279. The third-order valence-electron chi connectivity index (χ3n) is 4.87. The number of methoxy groups -OCH3 is 1. The van der Waals surface area contributed by atoms with Crippen LogP contribution >= 0.6 is 15.9 Å². The number of aromatic hydroxyl groups is 1. The molecule has 0 fully saturated rings. The number of aryl methyl sites for hydroxylation is 2. The molecule has 3 aromatic rings. The molecule has 0 unspecified atom stereocenters. The Hall–Kier alpha value is -3.53. The maximum atomic E-state index is 13.3. The number of aliphatic hydroxyl groups excluding tert-OH is 1. The van der Waals surface area contributed by atoms with Crippen LogP contribution in [0, 0.1) is 13.8 Å². The smallest absolute Gasteiger partial charge is 0.295 e. The van der Waals surface area contributed by atoms with E-state index < -0.39 is 23.5 Å². The number of benzene rings is 1. The van der Waals surface area contributed by atoms with Gasteiger partial charge in [-0.15, -0.1) is 0 Å². The van der Waals surface area contributed by atoms with Gasteiger partial charge in [-0.05, 0) is 59.6 Å². The first kappa shape index (κ1) is 20.7. The van der Waals surface area contributed by atoms with Gasteiger partial charge in [0.05, 0.1) is 23.2 Å². The number of halogens is 1. The van der Waals surface area contributed by atoms with Crippen molar-refractivity contribution in [1.82, 2.24) is 5.16 Å². The van der Waals surface area contributed by atoms with Gasteiger partial charge in [0.1, 0.15) is 11.5 Å². The quantitative estimate of drug-likeness (QED) is 0.512. The molecule has 0 radical (unpaired) electrons. The van der Waals surface area contributed by atoms with Crippen molar-refractivity contribution in [2.24, 2.45) is 0 Å². The van der Waals surface area contributed by atoms with Crippen LogP contribution in [-0.2, 0) is 4.79 Å². The van der Waals surface area contributed by atoms with Crippen molar-refractivity contribution in [3.8, 4) is 11.5 Å². The van der Waals surface area contributed by atoms with E-state index in [2.05, 4.69) is 21.1 Å². The number of rotatable bonds is 5. The Labute approximate surface area is 184 Å². The van der Waals surface area contributed by atoms with Crippen LogP contribution in [0.25, 0.3) is 0 Å². The number of ketones is 1. The zero-order valence-corrected chi connectivity index (χ0v) is 18.3. The van der Waals surface area contributed by atoms with E-state index in [0.29, 0.717) is 17.1 Å². The van der Waals surface area contributed by atoms with Crippen LogP contribution in [0.15, 0.2) is 55.1 Å². The molecule has 0 bridgehead atoms. The van der Waals surface area contributed by atoms with Gasteiger partial charge < -0.3 is 23.9 Å². The van der Waals surface area contributed by atoms with Crippen molar-refractivity contribution >= 4 is 33.4 Å². The number of carbonyl (C=O) groups excluding carboxylic acids is 2. The topological polar surface area (TPSA) is 126 Å². The molecule has 1 aromatic carbocycles. The average Bonchev–Trinajstić information content (AvgIpc) is 3.42. The van der Waals surface area contributed by atoms with Crippen LogP contribution in [0.5, 0.6) is 11.5 Å². The van der Waals surface area contributed by atoms with Crippen molar-refractivity contribution < 1.29 is 33.5 Å². The molecule has 2 aromatic heterocycles. The van der Waals surface area contributed by atoms with E-state index in [0.717, 1.165) is 4.90 Å². The van der Waals surface area contributed by atoms with Crippen molar-refractivity contribution in [2.45, 2.75) is 19.9 Å². The van der Waals surface area contributed by atoms with E-state index in [4.69, 9.17) is 13.7 Å². The maximum Gasteiger partial charge on any atom is 0.295 e. The van der Waals surface area contributed by atoms with Crippen molar-refractivity contribution in [1.29, 1.82) is 0 Å². The van der Waals surface area contributed by atoms with E-state index in [9.17, 15) is 19.8 Å². The van der Waals surface area contributed by atoms with Crippen LogP contribution in [0.2, 0.25) is 0 Å². The Bertz CT molecular complexity index is 1240. The van der Waals surface area contributed by atoms with Crippen LogP contribution < -0.4 is 9.64 Å². The number of hydrogen-bond acceptors (Lipinski definition) is 8. The van der Waals surface area contributed by atoms with Gasteiger partial charge >= 0.3 is 0 Å². The van der Waals surface area contributed by atoms with Gasteiger partial charge in [0, 0.05) is 6.07 Å². The normalized spacial score (nSPS) is 16.3. The number of amides is 1. The van der Waals surface area contributed by atoms with Crippen molar-refractivity contribution in [3.63, 3.8) is 0 Å². The molecule has 0 spiro atoms. The lowest BCUT2D eigenvalue weighted by Crippen LogP contribution is -2.31. The summed E-state index contributed by atoms with van der Waals surface area (Å²) in [6.45, 7) is 3.33. The number of phenolic OH excluding ortho intramolecular Hbond substituents is 1. The molecule has 1 amide bonds. The summed E-state index contributed by atoms with van der Waals surface area (Å²) in [5, 5.41) is 24.8. The third-order valence-corrected chi connectivity index (χ3v) is 5.47. The summed E-state index contributed by atoms with van der Waals surface area (Å²) < 4.78 is 16.0. The first-order valence-corrected chi connectivity index (χ1v) is 9.89. The zero-order chi connectivity index (χ0) is 22.4. The number of Topliss-reactive ketones (excluding diaryl/α,β-unsaturated/α-hetero) is 1. The van der Waals surface area contributed by atoms with Gasteiger partial charge in [-0.3, -0.25) is 14.5 Å². The van der Waals surface area contributed by atoms with Gasteiger partial charge in [-0.2, -0.15) is 0 Å². The Morgan fingerprint density at radius 1 is 1.19 bits per heavy atom. The minimum atomic E-state index is -1.08. The standard InChI is InChI=1S/C21H17BrN2O7/c1-9-4-5-13(30-9)19(26)16-17(11-7-12(22)18(25)14(8-11)29-3)24(21(28)20(16)27)15-6-10(2)31-23-15/h4-8,17,25,27H,1-3H3/t17-/m0/s1. The average molecular weight is 489 g/mol. The second kappa shape index (κ2) is 7.62. The highest BCUT2D eigenvalue weighted by atomic mass is 79.9. The molecule has 0 aliphatic carbocycles. The summed E-state index contributed by atoms with van der Waals surface area (Å²) in [5.41, 5.74) is 0.186. The fourth-order valence-corrected chi connectivity index (χ4v) is 3.91. The van der Waals surface area contributed by atoms with E-state index >= 15 is 0 Å². The lowest BCUT2D eigenvalue weighted by Gasteiger charge is -2.25. The number of aromatic nitrogens is 1. The molecule has 10 heteroatoms. The molecule has 9 nitrogen and oxygen atoms in total. The summed E-state index contributed by atoms with van der Waals surface area (Å²) in [6, 6.07) is 6.49. The second-order valence-electron chi connectivity index (χ2n) is 6.93. The number of furan rings is 1. The van der Waals surface area contributed by atoms with Gasteiger partial charge in [0.2, 0.25) is 5.78 Å². The highest BCUT2D eigenvalue weighted by Gasteiger charge is 2.46. The predicted octanol–water partition coefficient (Wildman–Crippen LogP) is 4.14. The summed E-state index contributed by atoms with van der Waals surface area (Å²) in [7, 11) is 1.37. The Morgan fingerprint density at radius 3 is 2.52 bits per heavy atom. The zero-order valence-electron chi connectivity index (χ0n) is 16.7. The Balaban J connectivity index is 1.93. The Kier molecular flexibility index (Phi) is 5.10. The summed E-state index contributed by atoms with van der Waals surface area (Å²) in [6.07, 6.45) is 0. The molecule has 1 aliphatic rings. The number of ether oxygens (including phenoxy) is 1. The molecule has 0 saturated heterocycles. The molecule has 2 N–H and O–H groups in total. The number of anilines is 1. The van der Waals surface area contributed by atoms with E-state index in [1.165, 1.54) is 31.4 Å². The monoisotopic (exact) mass is 488 g/mol. The van der Waals surface area contributed by atoms with Crippen molar-refractivity contribution in [2.75, 3.05) is 12.0 Å². The lowest BCUT2D eigenvalue weighted by atomic mass is 9.94. The predicted molar refractivity (Wildman–Crippen MR) is 111 cm³/mol. The fourth-order valence-electron chi connectivity index (χ4n) is 3.45.